The highest BCUT2D eigenvalue weighted by atomic mass is 32.2. The van der Waals surface area contributed by atoms with Crippen LogP contribution < -0.4 is 4.74 Å². The van der Waals surface area contributed by atoms with E-state index in [0.29, 0.717) is 9.23 Å². The number of benzene rings is 1. The van der Waals surface area contributed by atoms with E-state index in [1.165, 1.54) is 55.2 Å². The zero-order chi connectivity index (χ0) is 18.1. The largest absolute Gasteiger partial charge is 0.494 e. The van der Waals surface area contributed by atoms with Gasteiger partial charge in [-0.2, -0.15) is 0 Å². The number of carbonyl (C=O) groups is 1. The molecule has 5 heteroatoms. The summed E-state index contributed by atoms with van der Waals surface area (Å²) in [5, 5.41) is 0. The Labute approximate surface area is 160 Å². The summed E-state index contributed by atoms with van der Waals surface area (Å²) in [5.74, 6) is 0.848. The molecule has 1 aromatic carbocycles. The summed E-state index contributed by atoms with van der Waals surface area (Å²) in [5.41, 5.74) is 0.984. The number of hydrogen-bond donors (Lipinski definition) is 0. The topological polar surface area (TPSA) is 29.5 Å². The van der Waals surface area contributed by atoms with Gasteiger partial charge in [-0.15, -0.1) is 0 Å². The lowest BCUT2D eigenvalue weighted by molar-refractivity contribution is -0.121. The van der Waals surface area contributed by atoms with E-state index >= 15 is 0 Å². The summed E-state index contributed by atoms with van der Waals surface area (Å²) < 4.78 is 6.39. The Morgan fingerprint density at radius 1 is 1.08 bits per heavy atom. The van der Waals surface area contributed by atoms with Crippen LogP contribution in [0.2, 0.25) is 0 Å². The van der Waals surface area contributed by atoms with Gasteiger partial charge in [0.15, 0.2) is 0 Å². The minimum atomic E-state index is -0.0331. The van der Waals surface area contributed by atoms with E-state index in [1.54, 1.807) is 7.05 Å². The maximum Gasteiger partial charge on any atom is 0.265 e. The Bertz CT molecular complexity index is 611. The van der Waals surface area contributed by atoms with Crippen molar-refractivity contribution in [1.82, 2.24) is 4.90 Å². The number of unbranched alkanes of at least 4 members (excludes halogenated alkanes) is 6. The average Bonchev–Trinajstić information content (AvgIpc) is 2.85. The van der Waals surface area contributed by atoms with E-state index in [4.69, 9.17) is 17.0 Å². The second-order valence-electron chi connectivity index (χ2n) is 6.28. The van der Waals surface area contributed by atoms with E-state index in [-0.39, 0.29) is 5.91 Å². The number of nitrogens with zero attached hydrogens (tertiary/aromatic N) is 1. The van der Waals surface area contributed by atoms with Gasteiger partial charge in [-0.25, -0.2) is 0 Å². The van der Waals surface area contributed by atoms with Crippen molar-refractivity contribution >= 4 is 40.3 Å². The van der Waals surface area contributed by atoms with Crippen molar-refractivity contribution in [1.29, 1.82) is 0 Å². The van der Waals surface area contributed by atoms with Gasteiger partial charge in [-0.1, -0.05) is 81.6 Å². The molecule has 0 N–H and O–H groups in total. The molecule has 1 aromatic rings. The second kappa shape index (κ2) is 10.6. The summed E-state index contributed by atoms with van der Waals surface area (Å²) in [4.78, 5) is 14.2. The van der Waals surface area contributed by atoms with E-state index < -0.39 is 0 Å². The monoisotopic (exact) mass is 377 g/mol. The maximum atomic E-state index is 12.0. The molecule has 1 aliphatic heterocycles. The lowest BCUT2D eigenvalue weighted by Gasteiger charge is -2.06. The van der Waals surface area contributed by atoms with Crippen LogP contribution in [0.1, 0.15) is 57.4 Å². The highest BCUT2D eigenvalue weighted by Gasteiger charge is 2.28. The Morgan fingerprint density at radius 2 is 1.72 bits per heavy atom. The molecule has 0 spiro atoms. The first kappa shape index (κ1) is 20.0. The Balaban J connectivity index is 1.72. The van der Waals surface area contributed by atoms with Crippen molar-refractivity contribution in [2.75, 3.05) is 13.7 Å². The minimum Gasteiger partial charge on any atom is -0.494 e. The van der Waals surface area contributed by atoms with Gasteiger partial charge in [0.25, 0.3) is 5.91 Å². The van der Waals surface area contributed by atoms with Crippen LogP contribution in [-0.4, -0.2) is 28.8 Å². The van der Waals surface area contributed by atoms with Gasteiger partial charge in [-0.05, 0) is 30.2 Å². The van der Waals surface area contributed by atoms with Crippen LogP contribution in [0.3, 0.4) is 0 Å². The van der Waals surface area contributed by atoms with Crippen LogP contribution in [0.15, 0.2) is 29.2 Å². The van der Waals surface area contributed by atoms with Gasteiger partial charge in [0.1, 0.15) is 10.1 Å². The molecule has 0 aromatic heterocycles. The van der Waals surface area contributed by atoms with E-state index in [9.17, 15) is 4.79 Å². The molecule has 1 saturated heterocycles. The van der Waals surface area contributed by atoms with Gasteiger partial charge in [0, 0.05) is 7.05 Å². The standard InChI is InChI=1S/C20H27NO2S2/c1-3-4-5-6-7-8-9-14-23-17-12-10-16(11-13-17)15-18-19(22)21(2)20(24)25-18/h10-13,15H,3-9,14H2,1-2H3. The molecule has 2 rings (SSSR count). The molecule has 1 heterocycles. The fourth-order valence-electron chi connectivity index (χ4n) is 2.61. The number of ether oxygens (including phenoxy) is 1. The highest BCUT2D eigenvalue weighted by molar-refractivity contribution is 8.26. The SMILES string of the molecule is CCCCCCCCCOc1ccc(C=C2SC(=S)N(C)C2=O)cc1. The van der Waals surface area contributed by atoms with E-state index in [2.05, 4.69) is 6.92 Å². The first-order valence-corrected chi connectivity index (χ1v) is 10.3. The van der Waals surface area contributed by atoms with Crippen LogP contribution in [0.5, 0.6) is 5.75 Å². The Morgan fingerprint density at radius 3 is 2.32 bits per heavy atom. The Kier molecular flexibility index (Phi) is 8.49. The fourth-order valence-corrected chi connectivity index (χ4v) is 3.79. The molecule has 0 radical (unpaired) electrons. The summed E-state index contributed by atoms with van der Waals surface area (Å²) in [6.45, 7) is 3.01. The van der Waals surface area contributed by atoms with Gasteiger partial charge in [-0.3, -0.25) is 9.69 Å². The van der Waals surface area contributed by atoms with Crippen molar-refractivity contribution < 1.29 is 9.53 Å². The van der Waals surface area contributed by atoms with Gasteiger partial charge in [0.05, 0.1) is 11.5 Å². The molecule has 0 bridgehead atoms. The Hall–Kier alpha value is -1.33. The smallest absolute Gasteiger partial charge is 0.265 e. The summed E-state index contributed by atoms with van der Waals surface area (Å²) in [6.07, 6.45) is 10.9. The molecule has 25 heavy (non-hydrogen) atoms. The molecular weight excluding hydrogens is 350 g/mol. The first-order valence-electron chi connectivity index (χ1n) is 9.06. The third-order valence-electron chi connectivity index (χ3n) is 4.18. The van der Waals surface area contributed by atoms with Crippen molar-refractivity contribution in [3.63, 3.8) is 0 Å². The molecule has 0 saturated carbocycles. The number of hydrogen-bond acceptors (Lipinski definition) is 4. The van der Waals surface area contributed by atoms with Crippen molar-refractivity contribution in [3.8, 4) is 5.75 Å². The number of thiocarbonyl (C=S) groups is 1. The maximum absolute atomic E-state index is 12.0. The number of likely N-dealkylation sites (N-methyl/N-ethyl adjacent to an activating group) is 1. The molecule has 3 nitrogen and oxygen atoms in total. The fraction of sp³-hybridized carbons (Fsp3) is 0.500. The molecule has 0 aliphatic carbocycles. The summed E-state index contributed by atoms with van der Waals surface area (Å²) in [6, 6.07) is 7.87. The highest BCUT2D eigenvalue weighted by Crippen LogP contribution is 2.31. The third kappa shape index (κ3) is 6.48. The minimum absolute atomic E-state index is 0.0331. The van der Waals surface area contributed by atoms with Crippen molar-refractivity contribution in [3.05, 3.63) is 34.7 Å². The van der Waals surface area contributed by atoms with Crippen LogP contribution in [0, 0.1) is 0 Å². The molecule has 136 valence electrons. The number of carbonyl (C=O) groups excluding carboxylic acids is 1. The molecular formula is C20H27NO2S2. The number of amides is 1. The molecule has 1 aliphatic rings. The predicted molar refractivity (Wildman–Crippen MR) is 111 cm³/mol. The van der Waals surface area contributed by atoms with Crippen LogP contribution in [-0.2, 0) is 4.79 Å². The van der Waals surface area contributed by atoms with Crippen LogP contribution in [0.4, 0.5) is 0 Å². The second-order valence-corrected chi connectivity index (χ2v) is 7.96. The quantitative estimate of drug-likeness (QED) is 0.299. The van der Waals surface area contributed by atoms with Gasteiger partial charge >= 0.3 is 0 Å². The average molecular weight is 378 g/mol. The van der Waals surface area contributed by atoms with E-state index in [0.717, 1.165) is 24.3 Å². The first-order chi connectivity index (χ1) is 12.1. The molecule has 0 unspecified atom stereocenters. The van der Waals surface area contributed by atoms with Gasteiger partial charge < -0.3 is 4.74 Å². The lowest BCUT2D eigenvalue weighted by Crippen LogP contribution is -2.22. The normalized spacial score (nSPS) is 16.1. The number of rotatable bonds is 10. The zero-order valence-electron chi connectivity index (χ0n) is 15.1. The third-order valence-corrected chi connectivity index (χ3v) is 5.67. The van der Waals surface area contributed by atoms with E-state index in [1.807, 2.05) is 30.3 Å². The summed E-state index contributed by atoms with van der Waals surface area (Å²) in [7, 11) is 1.71. The molecule has 0 atom stereocenters. The summed E-state index contributed by atoms with van der Waals surface area (Å²) >= 11 is 6.48. The predicted octanol–water partition coefficient (Wildman–Crippen LogP) is 5.65. The zero-order valence-corrected chi connectivity index (χ0v) is 16.8. The van der Waals surface area contributed by atoms with Crippen molar-refractivity contribution in [2.24, 2.45) is 0 Å². The lowest BCUT2D eigenvalue weighted by atomic mass is 10.1. The van der Waals surface area contributed by atoms with Gasteiger partial charge in [0.2, 0.25) is 0 Å². The van der Waals surface area contributed by atoms with Crippen LogP contribution >= 0.6 is 24.0 Å². The van der Waals surface area contributed by atoms with Crippen LogP contribution in [0.25, 0.3) is 6.08 Å². The van der Waals surface area contributed by atoms with Crippen molar-refractivity contribution in [2.45, 2.75) is 51.9 Å². The molecule has 1 amide bonds. The molecule has 1 fully saturated rings. The number of thioether (sulfide) groups is 1.